The maximum atomic E-state index is 11.9. The normalized spacial score (nSPS) is 11.1. The third kappa shape index (κ3) is 4.48. The van der Waals surface area contributed by atoms with Gasteiger partial charge in [0.1, 0.15) is 22.7 Å². The van der Waals surface area contributed by atoms with Crippen molar-refractivity contribution in [3.8, 4) is 11.5 Å². The third-order valence-corrected chi connectivity index (χ3v) is 8.31. The fourth-order valence-electron chi connectivity index (χ4n) is 2.91. The number of fused-ring (bicyclic) bond motifs is 2. The summed E-state index contributed by atoms with van der Waals surface area (Å²) in [6, 6.07) is 13.8. The van der Waals surface area contributed by atoms with Crippen LogP contribution in [0.2, 0.25) is 0 Å². The van der Waals surface area contributed by atoms with Crippen LogP contribution in [0.25, 0.3) is 21.9 Å². The van der Waals surface area contributed by atoms with E-state index in [1.807, 2.05) is 24.3 Å². The van der Waals surface area contributed by atoms with E-state index in [1.165, 1.54) is 32.8 Å². The van der Waals surface area contributed by atoms with Gasteiger partial charge in [0.15, 0.2) is 0 Å². The minimum atomic E-state index is -0.413. The molecule has 0 fully saturated rings. The highest BCUT2D eigenvalue weighted by atomic mass is 33.5. The van der Waals surface area contributed by atoms with E-state index >= 15 is 0 Å². The van der Waals surface area contributed by atoms with Gasteiger partial charge in [0.25, 0.3) is 0 Å². The highest BCUT2D eigenvalue weighted by Gasteiger charge is 2.10. The fraction of sp³-hybridized carbons (Fsp3) is 0.143. The van der Waals surface area contributed by atoms with E-state index in [9.17, 15) is 9.59 Å². The third-order valence-electron chi connectivity index (χ3n) is 4.34. The fourth-order valence-corrected chi connectivity index (χ4v) is 6.68. The van der Waals surface area contributed by atoms with Gasteiger partial charge in [0, 0.05) is 45.7 Å². The van der Waals surface area contributed by atoms with Crippen LogP contribution in [0.1, 0.15) is 5.56 Å². The van der Waals surface area contributed by atoms with Gasteiger partial charge in [-0.1, -0.05) is 10.8 Å². The molecule has 4 rings (SSSR count). The number of hydrogen-bond acceptors (Lipinski definition) is 9. The van der Waals surface area contributed by atoms with Gasteiger partial charge >= 0.3 is 11.3 Å². The van der Waals surface area contributed by atoms with Crippen molar-refractivity contribution in [3.05, 3.63) is 74.9 Å². The van der Waals surface area contributed by atoms with Crippen LogP contribution < -0.4 is 20.7 Å². The molecule has 0 radical (unpaired) electrons. The van der Waals surface area contributed by atoms with E-state index in [2.05, 4.69) is 0 Å². The van der Waals surface area contributed by atoms with Crippen LogP contribution >= 0.6 is 31.4 Å². The Morgan fingerprint density at radius 3 is 2.07 bits per heavy atom. The molecule has 0 saturated carbocycles. The molecule has 0 atom stereocenters. The molecule has 0 aliphatic heterocycles. The first-order chi connectivity index (χ1) is 14.6. The van der Waals surface area contributed by atoms with Crippen LogP contribution in [0.4, 0.5) is 0 Å². The Bertz CT molecular complexity index is 1220. The van der Waals surface area contributed by atoms with Crippen LogP contribution in [0, 0.1) is 0 Å². The van der Waals surface area contributed by atoms with Crippen molar-refractivity contribution in [1.82, 2.24) is 0 Å². The molecule has 0 spiro atoms. The summed E-state index contributed by atoms with van der Waals surface area (Å²) in [5.41, 5.74) is 1.05. The SMILES string of the molecule is COc1ccc2c(CSSSc3cc(=O)oc4cc(OC)ccc34)cc(=O)oc2c1. The van der Waals surface area contributed by atoms with Crippen molar-refractivity contribution >= 4 is 53.4 Å². The lowest BCUT2D eigenvalue weighted by molar-refractivity contribution is 0.414. The summed E-state index contributed by atoms with van der Waals surface area (Å²) in [5.74, 6) is 1.85. The summed E-state index contributed by atoms with van der Waals surface area (Å²) in [6.45, 7) is 0. The predicted molar refractivity (Wildman–Crippen MR) is 123 cm³/mol. The minimum absolute atomic E-state index is 0.399. The van der Waals surface area contributed by atoms with Crippen LogP contribution in [0.15, 0.2) is 71.8 Å². The van der Waals surface area contributed by atoms with Crippen molar-refractivity contribution in [3.63, 3.8) is 0 Å². The van der Waals surface area contributed by atoms with Crippen molar-refractivity contribution in [2.45, 2.75) is 10.6 Å². The molecule has 0 saturated heterocycles. The summed E-state index contributed by atoms with van der Waals surface area (Å²) in [6.07, 6.45) is 0. The van der Waals surface area contributed by atoms with Gasteiger partial charge in [-0.05, 0) is 50.4 Å². The minimum Gasteiger partial charge on any atom is -0.497 e. The Kier molecular flexibility index (Phi) is 6.31. The summed E-state index contributed by atoms with van der Waals surface area (Å²) >= 11 is 0. The molecule has 2 aromatic heterocycles. The lowest BCUT2D eigenvalue weighted by atomic mass is 10.1. The number of ether oxygens (including phenoxy) is 2. The second kappa shape index (κ2) is 9.11. The van der Waals surface area contributed by atoms with Gasteiger partial charge < -0.3 is 18.3 Å². The second-order valence-electron chi connectivity index (χ2n) is 6.16. The van der Waals surface area contributed by atoms with Crippen LogP contribution in [-0.2, 0) is 5.75 Å². The number of benzene rings is 2. The van der Waals surface area contributed by atoms with Crippen LogP contribution in [0.3, 0.4) is 0 Å². The Morgan fingerprint density at radius 1 is 0.800 bits per heavy atom. The van der Waals surface area contributed by atoms with Gasteiger partial charge in [0.2, 0.25) is 0 Å². The molecule has 4 aromatic rings. The maximum Gasteiger partial charge on any atom is 0.337 e. The Morgan fingerprint density at radius 2 is 1.40 bits per heavy atom. The molecule has 0 bridgehead atoms. The molecule has 0 unspecified atom stereocenters. The Balaban J connectivity index is 1.51. The molecule has 154 valence electrons. The molecule has 0 aliphatic rings. The van der Waals surface area contributed by atoms with Gasteiger partial charge in [0.05, 0.1) is 14.2 Å². The van der Waals surface area contributed by atoms with E-state index in [4.69, 9.17) is 18.3 Å². The van der Waals surface area contributed by atoms with Crippen molar-refractivity contribution in [1.29, 1.82) is 0 Å². The zero-order valence-electron chi connectivity index (χ0n) is 16.0. The molecular weight excluding hydrogens is 444 g/mol. The van der Waals surface area contributed by atoms with Gasteiger partial charge in [-0.15, -0.1) is 0 Å². The standard InChI is InChI=1S/C21H16O6S3/c1-24-13-3-5-15-12(7-20(22)26-17(15)8-13)11-28-30-29-19-10-21(23)27-18-9-14(25-2)4-6-16(18)19/h3-10H,11H2,1-2H3. The van der Waals surface area contributed by atoms with Crippen molar-refractivity contribution < 1.29 is 18.3 Å². The summed E-state index contributed by atoms with van der Waals surface area (Å²) in [5, 5.41) is 1.71. The number of methoxy groups -OCH3 is 2. The molecule has 6 nitrogen and oxygen atoms in total. The summed E-state index contributed by atoms with van der Waals surface area (Å²) < 4.78 is 21.0. The molecule has 2 aromatic carbocycles. The van der Waals surface area contributed by atoms with Crippen LogP contribution in [0.5, 0.6) is 11.5 Å². The Hall–Kier alpha value is -2.49. The molecule has 9 heteroatoms. The first-order valence-electron chi connectivity index (χ1n) is 8.76. The monoisotopic (exact) mass is 460 g/mol. The largest absolute Gasteiger partial charge is 0.497 e. The summed E-state index contributed by atoms with van der Waals surface area (Å²) in [4.78, 5) is 24.6. The van der Waals surface area contributed by atoms with Crippen molar-refractivity contribution in [2.75, 3.05) is 14.2 Å². The van der Waals surface area contributed by atoms with E-state index in [1.54, 1.807) is 37.1 Å². The molecule has 0 N–H and O–H groups in total. The van der Waals surface area contributed by atoms with Gasteiger partial charge in [-0.3, -0.25) is 0 Å². The molecular formula is C21H16O6S3. The first kappa shape index (κ1) is 20.8. The molecule has 0 amide bonds. The zero-order valence-corrected chi connectivity index (χ0v) is 18.4. The highest BCUT2D eigenvalue weighted by molar-refractivity contribution is 9.09. The summed E-state index contributed by atoms with van der Waals surface area (Å²) in [7, 11) is 7.69. The van der Waals surface area contributed by atoms with Gasteiger partial charge in [-0.2, -0.15) is 0 Å². The van der Waals surface area contributed by atoms with E-state index in [0.29, 0.717) is 28.4 Å². The molecule has 0 aliphatic carbocycles. The predicted octanol–water partition coefficient (Wildman–Crippen LogP) is 5.51. The smallest absolute Gasteiger partial charge is 0.337 e. The van der Waals surface area contributed by atoms with Crippen LogP contribution in [-0.4, -0.2) is 14.2 Å². The van der Waals surface area contributed by atoms with E-state index in [0.717, 1.165) is 21.2 Å². The molecule has 30 heavy (non-hydrogen) atoms. The average molecular weight is 461 g/mol. The second-order valence-corrected chi connectivity index (χ2v) is 10.3. The molecule has 2 heterocycles. The lowest BCUT2D eigenvalue weighted by Crippen LogP contribution is -1.99. The maximum absolute atomic E-state index is 11.9. The zero-order chi connectivity index (χ0) is 21.1. The highest BCUT2D eigenvalue weighted by Crippen LogP contribution is 2.44. The first-order valence-corrected chi connectivity index (χ1v) is 12.4. The van der Waals surface area contributed by atoms with E-state index in [-0.39, 0.29) is 0 Å². The Labute approximate surface area is 182 Å². The van der Waals surface area contributed by atoms with Gasteiger partial charge in [-0.25, -0.2) is 9.59 Å². The number of hydrogen-bond donors (Lipinski definition) is 0. The lowest BCUT2D eigenvalue weighted by Gasteiger charge is -2.07. The number of rotatable bonds is 7. The average Bonchev–Trinajstić information content (AvgIpc) is 2.75. The quantitative estimate of drug-likeness (QED) is 0.202. The van der Waals surface area contributed by atoms with Crippen molar-refractivity contribution in [2.24, 2.45) is 0 Å². The topological polar surface area (TPSA) is 78.9 Å². The van der Waals surface area contributed by atoms with E-state index < -0.39 is 11.3 Å².